The van der Waals surface area contributed by atoms with E-state index >= 15 is 0 Å². The van der Waals surface area contributed by atoms with Gasteiger partial charge >= 0.3 is 5.97 Å². The summed E-state index contributed by atoms with van der Waals surface area (Å²) in [5, 5.41) is 25.1. The fraction of sp³-hybridized carbons (Fsp3) is 0.263. The standard InChI is InChI=1S/C38H36O8Si/c1-22(39)38(44)20-28-30(36(45-23(2)40)32-31(35(28)43)33(41)26-18-12-13-19-27(26)34(32)42)29(21-38)46-47(37(3,4)5,24-14-8-6-9-15-24)25-16-10-7-11-17-25/h6-19,29,43-44H,20-21H2,1-5H3/t29-,38-/m0/s1. The molecule has 2 atom stereocenters. The molecule has 0 heterocycles. The summed E-state index contributed by atoms with van der Waals surface area (Å²) in [6.07, 6.45) is -1.77. The molecule has 0 fully saturated rings. The molecule has 0 amide bonds. The number of aliphatic hydroxyl groups is 1. The van der Waals surface area contributed by atoms with E-state index in [1.54, 1.807) is 12.1 Å². The Morgan fingerprint density at radius 2 is 1.30 bits per heavy atom. The van der Waals surface area contributed by atoms with Gasteiger partial charge in [-0.1, -0.05) is 106 Å². The molecular weight excluding hydrogens is 612 g/mol. The van der Waals surface area contributed by atoms with Crippen LogP contribution in [0.4, 0.5) is 0 Å². The number of phenols is 1. The third-order valence-electron chi connectivity index (χ3n) is 9.39. The molecule has 4 aromatic carbocycles. The zero-order valence-electron chi connectivity index (χ0n) is 26.9. The number of benzene rings is 4. The highest BCUT2D eigenvalue weighted by Gasteiger charge is 2.55. The minimum absolute atomic E-state index is 0.0208. The molecule has 0 aliphatic heterocycles. The Morgan fingerprint density at radius 1 is 0.809 bits per heavy atom. The van der Waals surface area contributed by atoms with Gasteiger partial charge < -0.3 is 19.4 Å². The average Bonchev–Trinajstić information content (AvgIpc) is 3.03. The Hall–Kier alpha value is -4.70. The number of hydrogen-bond donors (Lipinski definition) is 2. The zero-order chi connectivity index (χ0) is 33.9. The van der Waals surface area contributed by atoms with E-state index < -0.39 is 54.1 Å². The Balaban J connectivity index is 1.71. The van der Waals surface area contributed by atoms with Gasteiger partial charge in [-0.25, -0.2) is 0 Å². The maximum atomic E-state index is 14.1. The van der Waals surface area contributed by atoms with Gasteiger partial charge in [0.05, 0.1) is 17.2 Å². The summed E-state index contributed by atoms with van der Waals surface area (Å²) in [5.41, 5.74) is -2.19. The minimum Gasteiger partial charge on any atom is -0.507 e. The normalized spacial score (nSPS) is 19.0. The van der Waals surface area contributed by atoms with Crippen LogP contribution in [0.2, 0.25) is 5.04 Å². The third kappa shape index (κ3) is 5.06. The molecule has 240 valence electrons. The van der Waals surface area contributed by atoms with Gasteiger partial charge in [0.25, 0.3) is 8.32 Å². The van der Waals surface area contributed by atoms with Gasteiger partial charge in [-0.05, 0) is 22.3 Å². The van der Waals surface area contributed by atoms with E-state index in [4.69, 9.17) is 9.16 Å². The molecule has 8 nitrogen and oxygen atoms in total. The predicted molar refractivity (Wildman–Crippen MR) is 178 cm³/mol. The van der Waals surface area contributed by atoms with E-state index in [0.29, 0.717) is 0 Å². The zero-order valence-corrected chi connectivity index (χ0v) is 27.9. The van der Waals surface area contributed by atoms with Crippen molar-refractivity contribution in [1.29, 1.82) is 0 Å². The van der Waals surface area contributed by atoms with Crippen LogP contribution >= 0.6 is 0 Å². The fourth-order valence-electron chi connectivity index (χ4n) is 7.18. The van der Waals surface area contributed by atoms with Crippen LogP contribution in [-0.4, -0.2) is 47.5 Å². The summed E-state index contributed by atoms with van der Waals surface area (Å²) in [6, 6.07) is 25.7. The summed E-state index contributed by atoms with van der Waals surface area (Å²) >= 11 is 0. The number of fused-ring (bicyclic) bond motifs is 3. The van der Waals surface area contributed by atoms with Crippen LogP contribution in [0.3, 0.4) is 0 Å². The van der Waals surface area contributed by atoms with Crippen LogP contribution in [0.5, 0.6) is 11.5 Å². The summed E-state index contributed by atoms with van der Waals surface area (Å²) < 4.78 is 13.2. The van der Waals surface area contributed by atoms with Gasteiger partial charge in [0, 0.05) is 42.0 Å². The van der Waals surface area contributed by atoms with Crippen molar-refractivity contribution in [1.82, 2.24) is 0 Å². The van der Waals surface area contributed by atoms with Gasteiger partial charge in [0.2, 0.25) is 0 Å². The van der Waals surface area contributed by atoms with E-state index in [2.05, 4.69) is 20.8 Å². The first-order valence-corrected chi connectivity index (χ1v) is 17.4. The van der Waals surface area contributed by atoms with E-state index in [-0.39, 0.29) is 52.0 Å². The molecule has 9 heteroatoms. The van der Waals surface area contributed by atoms with Crippen molar-refractivity contribution in [3.05, 3.63) is 118 Å². The summed E-state index contributed by atoms with van der Waals surface area (Å²) in [7, 11) is -3.40. The number of ketones is 3. The van der Waals surface area contributed by atoms with E-state index in [0.717, 1.165) is 10.4 Å². The predicted octanol–water partition coefficient (Wildman–Crippen LogP) is 4.98. The second kappa shape index (κ2) is 11.5. The summed E-state index contributed by atoms with van der Waals surface area (Å²) in [5.74, 6) is -3.30. The van der Waals surface area contributed by atoms with E-state index in [9.17, 15) is 29.4 Å². The Labute approximate surface area is 274 Å². The van der Waals surface area contributed by atoms with Crippen molar-refractivity contribution in [3.8, 4) is 11.5 Å². The number of rotatable bonds is 6. The van der Waals surface area contributed by atoms with Crippen molar-refractivity contribution in [3.63, 3.8) is 0 Å². The number of phenolic OH excluding ortho intramolecular Hbond substituents is 1. The molecule has 0 spiro atoms. The number of aromatic hydroxyl groups is 1. The maximum absolute atomic E-state index is 14.1. The van der Waals surface area contributed by atoms with Crippen molar-refractivity contribution in [2.45, 2.75) is 64.2 Å². The third-order valence-corrected chi connectivity index (χ3v) is 14.4. The van der Waals surface area contributed by atoms with Crippen LogP contribution in [0.25, 0.3) is 0 Å². The lowest BCUT2D eigenvalue weighted by Gasteiger charge is -2.48. The lowest BCUT2D eigenvalue weighted by molar-refractivity contribution is -0.139. The molecule has 0 bridgehead atoms. The van der Waals surface area contributed by atoms with Crippen molar-refractivity contribution < 1.29 is 38.6 Å². The van der Waals surface area contributed by atoms with Crippen LogP contribution in [0, 0.1) is 0 Å². The summed E-state index contributed by atoms with van der Waals surface area (Å²) in [6.45, 7) is 8.64. The smallest absolute Gasteiger partial charge is 0.308 e. The summed E-state index contributed by atoms with van der Waals surface area (Å²) in [4.78, 5) is 53.9. The highest BCUT2D eigenvalue weighted by Crippen LogP contribution is 2.53. The Morgan fingerprint density at radius 3 is 1.77 bits per heavy atom. The molecule has 2 aliphatic carbocycles. The molecule has 2 N–H and O–H groups in total. The molecule has 4 aromatic rings. The first kappa shape index (κ1) is 32.2. The SMILES string of the molecule is CC(=O)Oc1c2c(c(O)c3c1[C@@H](O[Si](c1ccccc1)(c1ccccc1)C(C)(C)C)C[C@](O)(C(C)=O)C3)C(=O)c1ccccc1C2=O. The largest absolute Gasteiger partial charge is 0.507 e. The molecule has 2 aliphatic rings. The molecule has 0 radical (unpaired) electrons. The molecule has 47 heavy (non-hydrogen) atoms. The topological polar surface area (TPSA) is 127 Å². The van der Waals surface area contributed by atoms with E-state index in [1.807, 2.05) is 60.7 Å². The minimum atomic E-state index is -3.40. The molecule has 0 saturated heterocycles. The number of ether oxygens (including phenoxy) is 1. The van der Waals surface area contributed by atoms with Crippen LogP contribution in [0.15, 0.2) is 84.9 Å². The quantitative estimate of drug-likeness (QED) is 0.150. The van der Waals surface area contributed by atoms with Crippen molar-refractivity contribution in [2.24, 2.45) is 0 Å². The monoisotopic (exact) mass is 648 g/mol. The molecule has 0 aromatic heterocycles. The van der Waals surface area contributed by atoms with Gasteiger partial charge in [-0.2, -0.15) is 0 Å². The number of hydrogen-bond acceptors (Lipinski definition) is 8. The maximum Gasteiger partial charge on any atom is 0.308 e. The van der Waals surface area contributed by atoms with Crippen LogP contribution < -0.4 is 15.1 Å². The van der Waals surface area contributed by atoms with Crippen molar-refractivity contribution >= 4 is 42.0 Å². The number of Topliss-reactive ketones (excluding diaryl/α,β-unsaturated/α-hetero) is 1. The van der Waals surface area contributed by atoms with Gasteiger partial charge in [0.15, 0.2) is 17.3 Å². The first-order chi connectivity index (χ1) is 22.2. The molecule has 6 rings (SSSR count). The number of carbonyl (C=O) groups excluding carboxylic acids is 4. The van der Waals surface area contributed by atoms with Gasteiger partial charge in [-0.3, -0.25) is 19.2 Å². The fourth-order valence-corrected chi connectivity index (χ4v) is 11.8. The number of carbonyl (C=O) groups is 4. The van der Waals surface area contributed by atoms with Gasteiger partial charge in [-0.15, -0.1) is 0 Å². The highest BCUT2D eigenvalue weighted by atomic mass is 28.4. The lowest BCUT2D eigenvalue weighted by Crippen LogP contribution is -2.67. The number of esters is 1. The second-order valence-electron chi connectivity index (χ2n) is 13.4. The second-order valence-corrected chi connectivity index (χ2v) is 17.6. The average molecular weight is 649 g/mol. The van der Waals surface area contributed by atoms with Crippen LogP contribution in [0.1, 0.15) is 90.1 Å². The van der Waals surface area contributed by atoms with Gasteiger partial charge in [0.1, 0.15) is 17.1 Å². The van der Waals surface area contributed by atoms with Crippen LogP contribution in [-0.2, 0) is 20.4 Å². The molecule has 0 unspecified atom stereocenters. The van der Waals surface area contributed by atoms with E-state index in [1.165, 1.54) is 26.0 Å². The van der Waals surface area contributed by atoms with Crippen molar-refractivity contribution in [2.75, 3.05) is 0 Å². The highest BCUT2D eigenvalue weighted by molar-refractivity contribution is 6.99. The first-order valence-electron chi connectivity index (χ1n) is 15.5. The Bertz CT molecular complexity index is 1900. The molecular formula is C38H36O8Si. The Kier molecular flexibility index (Phi) is 7.90. The molecule has 0 saturated carbocycles. The lowest BCUT2D eigenvalue weighted by atomic mass is 9.72.